The van der Waals surface area contributed by atoms with Crippen LogP contribution >= 0.6 is 0 Å². The van der Waals surface area contributed by atoms with Gasteiger partial charge in [0, 0.05) is 32.0 Å². The van der Waals surface area contributed by atoms with Gasteiger partial charge >= 0.3 is 12.1 Å². The molecule has 0 aromatic heterocycles. The maximum Gasteiger partial charge on any atom is 0.416 e. The molecule has 0 amide bonds. The molecule has 0 N–H and O–H groups in total. The van der Waals surface area contributed by atoms with E-state index in [2.05, 4.69) is 24.8 Å². The number of carbonyl (C=O) groups is 1. The second-order valence-corrected chi connectivity index (χ2v) is 10.1. The Hall–Kier alpha value is -2.54. The van der Waals surface area contributed by atoms with E-state index in [4.69, 9.17) is 9.47 Å². The highest BCUT2D eigenvalue weighted by atomic mass is 19.4. The zero-order valence-electron chi connectivity index (χ0n) is 21.7. The normalized spacial score (nSPS) is 17.3. The number of hydrogen-bond acceptors (Lipinski definition) is 4. The predicted molar refractivity (Wildman–Crippen MR) is 137 cm³/mol. The molecule has 1 unspecified atom stereocenters. The van der Waals surface area contributed by atoms with E-state index in [0.717, 1.165) is 67.6 Å². The zero-order chi connectivity index (χ0) is 26.3. The minimum Gasteiger partial charge on any atom is -0.469 e. The Bertz CT molecular complexity index is 988. The maximum atomic E-state index is 13.2. The summed E-state index contributed by atoms with van der Waals surface area (Å²) in [5.41, 5.74) is 2.65. The number of hydrogen-bond donors (Lipinski definition) is 0. The van der Waals surface area contributed by atoms with Crippen molar-refractivity contribution in [2.24, 2.45) is 5.92 Å². The molecule has 1 aliphatic heterocycles. The zero-order valence-corrected chi connectivity index (χ0v) is 21.7. The van der Waals surface area contributed by atoms with Crippen LogP contribution < -0.4 is 4.90 Å². The Morgan fingerprint density at radius 1 is 1.06 bits per heavy atom. The van der Waals surface area contributed by atoms with Crippen LogP contribution in [0.3, 0.4) is 0 Å². The molecule has 7 heteroatoms. The molecule has 0 spiro atoms. The Morgan fingerprint density at radius 3 is 2.39 bits per heavy atom. The number of benzene rings is 2. The molecule has 1 saturated heterocycles. The smallest absolute Gasteiger partial charge is 0.416 e. The third-order valence-corrected chi connectivity index (χ3v) is 6.93. The van der Waals surface area contributed by atoms with E-state index in [1.807, 2.05) is 12.1 Å². The van der Waals surface area contributed by atoms with E-state index in [-0.39, 0.29) is 11.9 Å². The molecular weight excluding hydrogens is 467 g/mol. The van der Waals surface area contributed by atoms with Crippen LogP contribution in [0.2, 0.25) is 0 Å². The van der Waals surface area contributed by atoms with Crippen LogP contribution in [0, 0.1) is 5.92 Å². The fraction of sp³-hybridized carbons (Fsp3) is 0.552. The van der Waals surface area contributed by atoms with Gasteiger partial charge in [-0.2, -0.15) is 13.2 Å². The number of halogens is 3. The van der Waals surface area contributed by atoms with Gasteiger partial charge in [0.05, 0.1) is 18.6 Å². The summed E-state index contributed by atoms with van der Waals surface area (Å²) in [4.78, 5) is 15.2. The lowest BCUT2D eigenvalue weighted by Gasteiger charge is -2.38. The molecule has 36 heavy (non-hydrogen) atoms. The van der Waals surface area contributed by atoms with E-state index < -0.39 is 17.7 Å². The first kappa shape index (κ1) is 28.0. The Labute approximate surface area is 212 Å². The predicted octanol–water partition coefficient (Wildman–Crippen LogP) is 7.46. The summed E-state index contributed by atoms with van der Waals surface area (Å²) < 4.78 is 49.9. The molecule has 1 heterocycles. The second-order valence-electron chi connectivity index (χ2n) is 10.1. The standard InChI is InChI=1S/C29H38F3NO3/c1-20(2)16-27(28(34)36-4)23-17-22(21-10-12-24(13-11-21)29(30,31)32)18-26(19-23)33-14-6-5-8-25(33)9-7-15-35-3/h10-13,17-20,25,27H,5-9,14-16H2,1-4H3/t25-,27?/m1/s1. The summed E-state index contributed by atoms with van der Waals surface area (Å²) in [6.45, 7) is 5.74. The summed E-state index contributed by atoms with van der Waals surface area (Å²) in [6, 6.07) is 11.6. The second kappa shape index (κ2) is 12.6. The minimum absolute atomic E-state index is 0.268. The number of carbonyl (C=O) groups excluding carboxylic acids is 1. The van der Waals surface area contributed by atoms with Gasteiger partial charge in [0.25, 0.3) is 0 Å². The van der Waals surface area contributed by atoms with Crippen LogP contribution in [0.5, 0.6) is 0 Å². The summed E-state index contributed by atoms with van der Waals surface area (Å²) in [5, 5.41) is 0. The van der Waals surface area contributed by atoms with Crippen LogP contribution in [-0.2, 0) is 20.4 Å². The molecule has 4 nitrogen and oxygen atoms in total. The third kappa shape index (κ3) is 7.25. The molecule has 2 aromatic carbocycles. The van der Waals surface area contributed by atoms with Gasteiger partial charge < -0.3 is 14.4 Å². The quantitative estimate of drug-likeness (QED) is 0.248. The Balaban J connectivity index is 2.08. The molecule has 1 fully saturated rings. The van der Waals surface area contributed by atoms with Crippen molar-refractivity contribution in [1.29, 1.82) is 0 Å². The maximum absolute atomic E-state index is 13.2. The lowest BCUT2D eigenvalue weighted by molar-refractivity contribution is -0.143. The summed E-state index contributed by atoms with van der Waals surface area (Å²) >= 11 is 0. The highest BCUT2D eigenvalue weighted by Gasteiger charge is 2.30. The van der Waals surface area contributed by atoms with Crippen molar-refractivity contribution < 1.29 is 27.4 Å². The fourth-order valence-electron chi connectivity index (χ4n) is 5.11. The largest absolute Gasteiger partial charge is 0.469 e. The molecule has 0 saturated carbocycles. The minimum atomic E-state index is -4.39. The van der Waals surface area contributed by atoms with Crippen molar-refractivity contribution in [3.8, 4) is 11.1 Å². The van der Waals surface area contributed by atoms with Gasteiger partial charge in [0.1, 0.15) is 0 Å². The monoisotopic (exact) mass is 505 g/mol. The number of esters is 1. The van der Waals surface area contributed by atoms with Crippen molar-refractivity contribution in [3.63, 3.8) is 0 Å². The first-order valence-corrected chi connectivity index (χ1v) is 12.8. The topological polar surface area (TPSA) is 38.8 Å². The van der Waals surface area contributed by atoms with E-state index in [1.165, 1.54) is 19.2 Å². The van der Waals surface area contributed by atoms with Crippen molar-refractivity contribution in [3.05, 3.63) is 53.6 Å². The lowest BCUT2D eigenvalue weighted by Crippen LogP contribution is -2.39. The van der Waals surface area contributed by atoms with Crippen molar-refractivity contribution >= 4 is 11.7 Å². The highest BCUT2D eigenvalue weighted by molar-refractivity contribution is 5.80. The molecular formula is C29H38F3NO3. The van der Waals surface area contributed by atoms with Crippen molar-refractivity contribution in [2.75, 3.05) is 32.3 Å². The SMILES string of the molecule is COCCC[C@H]1CCCCN1c1cc(-c2ccc(C(F)(F)F)cc2)cc(C(CC(C)C)C(=O)OC)c1. The van der Waals surface area contributed by atoms with E-state index in [9.17, 15) is 18.0 Å². The van der Waals surface area contributed by atoms with Crippen LogP contribution in [-0.4, -0.2) is 39.4 Å². The van der Waals surface area contributed by atoms with E-state index in [1.54, 1.807) is 7.11 Å². The molecule has 1 aliphatic rings. The van der Waals surface area contributed by atoms with Gasteiger partial charge in [0.15, 0.2) is 0 Å². The van der Waals surface area contributed by atoms with Crippen LogP contribution in [0.25, 0.3) is 11.1 Å². The number of ether oxygens (including phenoxy) is 2. The first-order valence-electron chi connectivity index (χ1n) is 12.8. The molecule has 0 radical (unpaired) electrons. The van der Waals surface area contributed by atoms with Gasteiger partial charge in [-0.25, -0.2) is 0 Å². The van der Waals surface area contributed by atoms with Gasteiger partial charge in [-0.15, -0.1) is 0 Å². The van der Waals surface area contributed by atoms with Crippen LogP contribution in [0.1, 0.15) is 69.4 Å². The lowest BCUT2D eigenvalue weighted by atomic mass is 9.87. The summed E-state index contributed by atoms with van der Waals surface area (Å²) in [7, 11) is 3.10. The average Bonchev–Trinajstić information content (AvgIpc) is 2.86. The van der Waals surface area contributed by atoms with E-state index >= 15 is 0 Å². The molecule has 2 aromatic rings. The number of methoxy groups -OCH3 is 2. The van der Waals surface area contributed by atoms with Gasteiger partial charge in [-0.3, -0.25) is 4.79 Å². The number of nitrogens with zero attached hydrogens (tertiary/aromatic N) is 1. The molecule has 3 rings (SSSR count). The fourth-order valence-corrected chi connectivity index (χ4v) is 5.11. The number of piperidine rings is 1. The average molecular weight is 506 g/mol. The Morgan fingerprint density at radius 2 is 1.78 bits per heavy atom. The third-order valence-electron chi connectivity index (χ3n) is 6.93. The molecule has 198 valence electrons. The van der Waals surface area contributed by atoms with Gasteiger partial charge in [-0.05, 0) is 85.4 Å². The first-order chi connectivity index (χ1) is 17.1. The molecule has 0 bridgehead atoms. The summed E-state index contributed by atoms with van der Waals surface area (Å²) in [6.07, 6.45) is 1.52. The number of anilines is 1. The van der Waals surface area contributed by atoms with Crippen molar-refractivity contribution in [1.82, 2.24) is 0 Å². The number of rotatable bonds is 10. The van der Waals surface area contributed by atoms with Gasteiger partial charge in [0.2, 0.25) is 0 Å². The van der Waals surface area contributed by atoms with E-state index in [0.29, 0.717) is 24.6 Å². The number of alkyl halides is 3. The molecule has 0 aliphatic carbocycles. The Kier molecular flexibility index (Phi) is 9.83. The van der Waals surface area contributed by atoms with Gasteiger partial charge in [-0.1, -0.05) is 32.0 Å². The molecule has 2 atom stereocenters. The summed E-state index contributed by atoms with van der Waals surface area (Å²) in [5.74, 6) is -0.474. The van der Waals surface area contributed by atoms with Crippen LogP contribution in [0.4, 0.5) is 18.9 Å². The van der Waals surface area contributed by atoms with Crippen LogP contribution in [0.15, 0.2) is 42.5 Å². The van der Waals surface area contributed by atoms with Crippen molar-refractivity contribution in [2.45, 2.75) is 70.5 Å². The highest BCUT2D eigenvalue weighted by Crippen LogP contribution is 2.37.